The number of nitrogens with two attached hydrogens (primary N) is 1. The van der Waals surface area contributed by atoms with Gasteiger partial charge in [0.05, 0.1) is 13.3 Å². The molecule has 0 unspecified atom stereocenters. The summed E-state index contributed by atoms with van der Waals surface area (Å²) in [5.74, 6) is 0.641. The summed E-state index contributed by atoms with van der Waals surface area (Å²) in [5, 5.41) is 7.49. The minimum atomic E-state index is 0.333. The zero-order valence-corrected chi connectivity index (χ0v) is 10.7. The molecular formula is C11H18N6O. The van der Waals surface area contributed by atoms with Gasteiger partial charge in [-0.15, -0.1) is 0 Å². The molecule has 18 heavy (non-hydrogen) atoms. The molecule has 0 saturated heterocycles. The van der Waals surface area contributed by atoms with E-state index >= 15 is 0 Å². The number of fused-ring (bicyclic) bond motifs is 1. The van der Waals surface area contributed by atoms with Gasteiger partial charge < -0.3 is 15.8 Å². The lowest BCUT2D eigenvalue weighted by molar-refractivity contribution is 0.379. The van der Waals surface area contributed by atoms with Crippen LogP contribution in [0.25, 0.3) is 5.65 Å². The first-order valence-electron chi connectivity index (χ1n) is 6.02. The van der Waals surface area contributed by atoms with Crippen LogP contribution in [0.3, 0.4) is 0 Å². The van der Waals surface area contributed by atoms with Gasteiger partial charge in [-0.1, -0.05) is 6.92 Å². The minimum absolute atomic E-state index is 0.333. The second kappa shape index (κ2) is 5.63. The lowest BCUT2D eigenvalue weighted by Crippen LogP contribution is -2.11. The van der Waals surface area contributed by atoms with E-state index in [9.17, 15) is 0 Å². The molecule has 0 saturated carbocycles. The zero-order valence-electron chi connectivity index (χ0n) is 10.7. The molecule has 0 fully saturated rings. The maximum atomic E-state index is 5.57. The van der Waals surface area contributed by atoms with Crippen LogP contribution in [-0.2, 0) is 6.42 Å². The van der Waals surface area contributed by atoms with E-state index in [1.807, 2.05) is 0 Å². The van der Waals surface area contributed by atoms with Crippen LogP contribution in [0.1, 0.15) is 18.9 Å². The molecule has 0 aliphatic rings. The Labute approximate surface area is 105 Å². The van der Waals surface area contributed by atoms with Crippen molar-refractivity contribution in [3.05, 3.63) is 11.8 Å². The average molecular weight is 250 g/mol. The Morgan fingerprint density at radius 2 is 2.28 bits per heavy atom. The van der Waals surface area contributed by atoms with E-state index in [0.29, 0.717) is 18.5 Å². The van der Waals surface area contributed by atoms with E-state index in [2.05, 4.69) is 27.3 Å². The summed E-state index contributed by atoms with van der Waals surface area (Å²) in [5.41, 5.74) is 7.31. The van der Waals surface area contributed by atoms with Crippen LogP contribution in [0.4, 0.5) is 5.95 Å². The molecule has 7 nitrogen and oxygen atoms in total. The number of aromatic nitrogens is 4. The van der Waals surface area contributed by atoms with Gasteiger partial charge in [0.25, 0.3) is 0 Å². The molecule has 0 radical (unpaired) electrons. The molecule has 2 heterocycles. The predicted octanol–water partition coefficient (Wildman–Crippen LogP) is 0.456. The fourth-order valence-corrected chi connectivity index (χ4v) is 1.68. The van der Waals surface area contributed by atoms with Gasteiger partial charge in [-0.25, -0.2) is 0 Å². The highest BCUT2D eigenvalue weighted by Gasteiger charge is 2.12. The summed E-state index contributed by atoms with van der Waals surface area (Å²) in [7, 11) is 1.55. The van der Waals surface area contributed by atoms with E-state index in [1.165, 1.54) is 0 Å². The number of methoxy groups -OCH3 is 1. The van der Waals surface area contributed by atoms with Crippen LogP contribution in [0.15, 0.2) is 6.20 Å². The summed E-state index contributed by atoms with van der Waals surface area (Å²) in [6.07, 6.45) is 3.51. The van der Waals surface area contributed by atoms with Crippen LogP contribution in [-0.4, -0.2) is 39.8 Å². The Morgan fingerprint density at radius 1 is 1.44 bits per heavy atom. The van der Waals surface area contributed by atoms with E-state index in [1.54, 1.807) is 17.8 Å². The number of hydrogen-bond donors (Lipinski definition) is 2. The highest BCUT2D eigenvalue weighted by Crippen LogP contribution is 2.16. The van der Waals surface area contributed by atoms with Crippen molar-refractivity contribution in [3.63, 3.8) is 0 Å². The lowest BCUT2D eigenvalue weighted by atomic mass is 10.2. The quantitative estimate of drug-likeness (QED) is 0.774. The van der Waals surface area contributed by atoms with Crippen molar-refractivity contribution in [2.45, 2.75) is 19.8 Å². The normalized spacial score (nSPS) is 10.8. The average Bonchev–Trinajstić information content (AvgIpc) is 2.79. The first-order chi connectivity index (χ1) is 8.80. The Kier molecular flexibility index (Phi) is 3.93. The van der Waals surface area contributed by atoms with Gasteiger partial charge in [0.15, 0.2) is 5.65 Å². The highest BCUT2D eigenvalue weighted by atomic mass is 16.5. The SMILES string of the molecule is CCCNc1nc(OC)nc2c(CCN)cnn12. The number of nitrogens with one attached hydrogen (secondary N) is 1. The summed E-state index contributed by atoms with van der Waals surface area (Å²) in [6, 6.07) is 0.333. The van der Waals surface area contributed by atoms with Gasteiger partial charge >= 0.3 is 6.01 Å². The van der Waals surface area contributed by atoms with Crippen molar-refractivity contribution in [1.82, 2.24) is 19.6 Å². The van der Waals surface area contributed by atoms with Crippen LogP contribution in [0.2, 0.25) is 0 Å². The molecule has 0 bridgehead atoms. The standard InChI is InChI=1S/C11H18N6O/c1-3-6-13-10-16-11(18-2)15-9-8(4-5-12)7-14-17(9)10/h7H,3-6,12H2,1-2H3,(H,13,15,16). The maximum Gasteiger partial charge on any atom is 0.321 e. The van der Waals surface area contributed by atoms with E-state index in [4.69, 9.17) is 10.5 Å². The van der Waals surface area contributed by atoms with Gasteiger partial charge in [-0.05, 0) is 19.4 Å². The second-order valence-electron chi connectivity index (χ2n) is 3.90. The van der Waals surface area contributed by atoms with Gasteiger partial charge in [-0.2, -0.15) is 19.6 Å². The number of nitrogens with zero attached hydrogens (tertiary/aromatic N) is 4. The third-order valence-electron chi connectivity index (χ3n) is 2.55. The largest absolute Gasteiger partial charge is 0.467 e. The molecule has 0 spiro atoms. The minimum Gasteiger partial charge on any atom is -0.467 e. The van der Waals surface area contributed by atoms with Gasteiger partial charge in [0.1, 0.15) is 0 Å². The molecule has 7 heteroatoms. The molecular weight excluding hydrogens is 232 g/mol. The Morgan fingerprint density at radius 3 is 2.94 bits per heavy atom. The van der Waals surface area contributed by atoms with Crippen molar-refractivity contribution in [2.24, 2.45) is 5.73 Å². The first kappa shape index (κ1) is 12.6. The molecule has 2 aromatic heterocycles. The highest BCUT2D eigenvalue weighted by molar-refractivity contribution is 5.51. The third-order valence-corrected chi connectivity index (χ3v) is 2.55. The number of ether oxygens (including phenoxy) is 1. The lowest BCUT2D eigenvalue weighted by Gasteiger charge is -2.07. The summed E-state index contributed by atoms with van der Waals surface area (Å²) < 4.78 is 6.79. The van der Waals surface area contributed by atoms with Crippen molar-refractivity contribution in [1.29, 1.82) is 0 Å². The summed E-state index contributed by atoms with van der Waals surface area (Å²) in [4.78, 5) is 8.57. The third kappa shape index (κ3) is 2.35. The van der Waals surface area contributed by atoms with Crippen LogP contribution < -0.4 is 15.8 Å². The van der Waals surface area contributed by atoms with E-state index in [0.717, 1.165) is 30.6 Å². The molecule has 0 atom stereocenters. The molecule has 0 aliphatic heterocycles. The van der Waals surface area contributed by atoms with Crippen molar-refractivity contribution >= 4 is 11.6 Å². The topological polar surface area (TPSA) is 90.4 Å². The molecule has 2 rings (SSSR count). The van der Waals surface area contributed by atoms with Crippen LogP contribution >= 0.6 is 0 Å². The molecule has 3 N–H and O–H groups in total. The predicted molar refractivity (Wildman–Crippen MR) is 68.9 cm³/mol. The number of anilines is 1. The molecule has 0 aromatic carbocycles. The van der Waals surface area contributed by atoms with Crippen molar-refractivity contribution in [3.8, 4) is 6.01 Å². The Balaban J connectivity index is 2.47. The zero-order chi connectivity index (χ0) is 13.0. The van der Waals surface area contributed by atoms with E-state index in [-0.39, 0.29) is 0 Å². The smallest absolute Gasteiger partial charge is 0.321 e. The Hall–Kier alpha value is -1.89. The maximum absolute atomic E-state index is 5.57. The van der Waals surface area contributed by atoms with Crippen LogP contribution in [0.5, 0.6) is 6.01 Å². The van der Waals surface area contributed by atoms with Gasteiger partial charge in [0, 0.05) is 12.1 Å². The van der Waals surface area contributed by atoms with Gasteiger partial charge in [-0.3, -0.25) is 0 Å². The van der Waals surface area contributed by atoms with E-state index < -0.39 is 0 Å². The van der Waals surface area contributed by atoms with Crippen molar-refractivity contribution in [2.75, 3.05) is 25.5 Å². The van der Waals surface area contributed by atoms with Crippen LogP contribution in [0, 0.1) is 0 Å². The Bertz CT molecular complexity index is 523. The monoisotopic (exact) mass is 250 g/mol. The second-order valence-corrected chi connectivity index (χ2v) is 3.90. The molecule has 2 aromatic rings. The molecule has 98 valence electrons. The summed E-state index contributed by atoms with van der Waals surface area (Å²) >= 11 is 0. The first-order valence-corrected chi connectivity index (χ1v) is 6.02. The fourth-order valence-electron chi connectivity index (χ4n) is 1.68. The number of hydrogen-bond acceptors (Lipinski definition) is 6. The molecule has 0 aliphatic carbocycles. The number of rotatable bonds is 6. The van der Waals surface area contributed by atoms with Crippen molar-refractivity contribution < 1.29 is 4.74 Å². The fraction of sp³-hybridized carbons (Fsp3) is 0.545. The van der Waals surface area contributed by atoms with Gasteiger partial charge in [0.2, 0.25) is 5.95 Å². The summed E-state index contributed by atoms with van der Waals surface area (Å²) in [6.45, 7) is 3.47. The molecule has 0 amide bonds.